The molecule has 4 atom stereocenters. The molecule has 2 rings (SSSR count). The van der Waals surface area contributed by atoms with Gasteiger partial charge in [0.1, 0.15) is 24.0 Å². The van der Waals surface area contributed by atoms with Crippen LogP contribution in [0.4, 0.5) is 5.95 Å². The van der Waals surface area contributed by atoms with E-state index in [2.05, 4.69) is 9.97 Å². The standard InChI is InChI=1S/C9H15N4O8P/c10-8-11-1-3(12-8)7(17)13-9(22(18,19)20)6(16)5(15)4(2-14)21-9/h1,4-6,14-16H,2H2,(H,13,17)(H3,10,11,12)(H2,18,19,20)/t4-,5-,6-,9?/m1/s1. The average Bonchev–Trinajstić information content (AvgIpc) is 2.95. The Hall–Kier alpha value is -1.53. The second-order valence-corrected chi connectivity index (χ2v) is 6.40. The molecule has 1 saturated heterocycles. The Morgan fingerprint density at radius 1 is 1.55 bits per heavy atom. The number of aliphatic hydroxyl groups excluding tert-OH is 3. The van der Waals surface area contributed by atoms with Gasteiger partial charge in [-0.25, -0.2) is 4.98 Å². The van der Waals surface area contributed by atoms with Gasteiger partial charge < -0.3 is 45.9 Å². The van der Waals surface area contributed by atoms with E-state index in [0.717, 1.165) is 6.20 Å². The van der Waals surface area contributed by atoms with Crippen molar-refractivity contribution in [2.75, 3.05) is 12.3 Å². The summed E-state index contributed by atoms with van der Waals surface area (Å²) in [5.74, 6) is -1.20. The molecule has 1 aromatic rings. The number of H-pyrrole nitrogens is 1. The zero-order chi connectivity index (χ0) is 16.7. The highest BCUT2D eigenvalue weighted by molar-refractivity contribution is 7.53. The third-order valence-electron chi connectivity index (χ3n) is 3.18. The van der Waals surface area contributed by atoms with Crippen LogP contribution < -0.4 is 11.1 Å². The van der Waals surface area contributed by atoms with Gasteiger partial charge in [0.2, 0.25) is 0 Å². The minimum Gasteiger partial charge on any atom is -0.394 e. The van der Waals surface area contributed by atoms with E-state index in [9.17, 15) is 29.4 Å². The molecule has 1 fully saturated rings. The van der Waals surface area contributed by atoms with Crippen molar-refractivity contribution in [3.8, 4) is 0 Å². The first-order chi connectivity index (χ1) is 10.1. The molecule has 0 aromatic carbocycles. The van der Waals surface area contributed by atoms with Gasteiger partial charge in [0, 0.05) is 0 Å². The topological polar surface area (TPSA) is 211 Å². The van der Waals surface area contributed by atoms with Crippen LogP contribution in [-0.4, -0.2) is 71.4 Å². The molecule has 13 heteroatoms. The van der Waals surface area contributed by atoms with Crippen molar-refractivity contribution >= 4 is 19.5 Å². The number of nitrogens with two attached hydrogens (primary N) is 1. The number of hydrogen-bond acceptors (Lipinski definition) is 8. The number of aromatic amines is 1. The lowest BCUT2D eigenvalue weighted by Crippen LogP contribution is -2.56. The first kappa shape index (κ1) is 16.8. The summed E-state index contributed by atoms with van der Waals surface area (Å²) in [7, 11) is -5.30. The number of aliphatic hydroxyl groups is 3. The summed E-state index contributed by atoms with van der Waals surface area (Å²) >= 11 is 0. The van der Waals surface area contributed by atoms with Gasteiger partial charge in [0.15, 0.2) is 5.95 Å². The molecule has 0 spiro atoms. The predicted octanol–water partition coefficient (Wildman–Crippen LogP) is -3.33. The van der Waals surface area contributed by atoms with Gasteiger partial charge >= 0.3 is 7.60 Å². The van der Waals surface area contributed by atoms with E-state index in [1.54, 1.807) is 0 Å². The number of hydrogen-bond donors (Lipinski definition) is 8. The quantitative estimate of drug-likeness (QED) is 0.256. The molecule has 124 valence electrons. The molecule has 0 saturated carbocycles. The third kappa shape index (κ3) is 2.61. The molecule has 1 aliphatic heterocycles. The number of ether oxygens (including phenoxy) is 1. The molecule has 0 aliphatic carbocycles. The predicted molar refractivity (Wildman–Crippen MR) is 69.2 cm³/mol. The van der Waals surface area contributed by atoms with Crippen molar-refractivity contribution in [3.05, 3.63) is 11.9 Å². The number of aromatic nitrogens is 2. The normalized spacial score (nSPS) is 32.1. The van der Waals surface area contributed by atoms with Gasteiger partial charge in [0.05, 0.1) is 12.8 Å². The molecule has 22 heavy (non-hydrogen) atoms. The summed E-state index contributed by atoms with van der Waals surface area (Å²) in [6.45, 7) is -0.827. The zero-order valence-electron chi connectivity index (χ0n) is 10.9. The van der Waals surface area contributed by atoms with Crippen LogP contribution in [0.5, 0.6) is 0 Å². The number of nitrogen functional groups attached to an aromatic ring is 1. The highest BCUT2D eigenvalue weighted by Gasteiger charge is 2.65. The summed E-state index contributed by atoms with van der Waals surface area (Å²) in [5.41, 5.74) is 2.13. The van der Waals surface area contributed by atoms with E-state index in [4.69, 9.17) is 15.6 Å². The van der Waals surface area contributed by atoms with Gasteiger partial charge in [-0.3, -0.25) is 9.36 Å². The number of carbonyl (C=O) groups excluding carboxylic acids is 1. The summed E-state index contributed by atoms with van der Waals surface area (Å²) in [4.78, 5) is 36.7. The molecule has 12 nitrogen and oxygen atoms in total. The highest BCUT2D eigenvalue weighted by atomic mass is 31.2. The van der Waals surface area contributed by atoms with E-state index < -0.39 is 43.9 Å². The minimum atomic E-state index is -5.30. The molecule has 0 bridgehead atoms. The molecule has 1 unspecified atom stereocenters. The van der Waals surface area contributed by atoms with E-state index in [-0.39, 0.29) is 11.6 Å². The Kier molecular flexibility index (Phi) is 4.28. The van der Waals surface area contributed by atoms with Crippen LogP contribution in [0.2, 0.25) is 0 Å². The fourth-order valence-electron chi connectivity index (χ4n) is 2.05. The third-order valence-corrected chi connectivity index (χ3v) is 4.53. The van der Waals surface area contributed by atoms with Crippen LogP contribution >= 0.6 is 7.60 Å². The Balaban J connectivity index is 2.36. The number of rotatable bonds is 4. The second-order valence-electron chi connectivity index (χ2n) is 4.65. The van der Waals surface area contributed by atoms with E-state index in [1.165, 1.54) is 0 Å². The monoisotopic (exact) mass is 338 g/mol. The summed E-state index contributed by atoms with van der Waals surface area (Å²) in [5, 5.41) is 30.4. The van der Waals surface area contributed by atoms with Gasteiger partial charge in [-0.15, -0.1) is 0 Å². The maximum absolute atomic E-state index is 12.0. The van der Waals surface area contributed by atoms with Gasteiger partial charge in [0.25, 0.3) is 11.4 Å². The van der Waals surface area contributed by atoms with Crippen LogP contribution in [0, 0.1) is 0 Å². The lowest BCUT2D eigenvalue weighted by Gasteiger charge is -2.32. The lowest BCUT2D eigenvalue weighted by molar-refractivity contribution is -0.0672. The number of imidazole rings is 1. The highest BCUT2D eigenvalue weighted by Crippen LogP contribution is 2.55. The number of carbonyl (C=O) groups is 1. The van der Waals surface area contributed by atoms with Crippen LogP contribution in [0.1, 0.15) is 10.5 Å². The Morgan fingerprint density at radius 3 is 2.59 bits per heavy atom. The molecular formula is C9H15N4O8P. The molecule has 2 heterocycles. The SMILES string of the molecule is Nc1ncc(C(=O)NC2(P(=O)(O)O)O[C@H](CO)[C@@H](O)[C@H]2O)[nH]1. The summed E-state index contributed by atoms with van der Waals surface area (Å²) in [6.07, 6.45) is -4.48. The Labute approximate surface area is 123 Å². The smallest absolute Gasteiger partial charge is 0.380 e. The van der Waals surface area contributed by atoms with E-state index in [1.807, 2.05) is 5.32 Å². The first-order valence-electron chi connectivity index (χ1n) is 5.96. The van der Waals surface area contributed by atoms with Crippen LogP contribution in [-0.2, 0) is 9.30 Å². The summed E-state index contributed by atoms with van der Waals surface area (Å²) in [6, 6.07) is 0. The number of amides is 1. The molecule has 0 radical (unpaired) electrons. The first-order valence-corrected chi connectivity index (χ1v) is 7.57. The van der Waals surface area contributed by atoms with Gasteiger partial charge in [-0.2, -0.15) is 0 Å². The molecule has 1 aromatic heterocycles. The zero-order valence-corrected chi connectivity index (χ0v) is 11.8. The Bertz CT molecular complexity index is 617. The number of anilines is 1. The molecular weight excluding hydrogens is 323 g/mol. The van der Waals surface area contributed by atoms with Crippen LogP contribution in [0.15, 0.2) is 6.20 Å². The van der Waals surface area contributed by atoms with E-state index >= 15 is 0 Å². The molecule has 1 amide bonds. The maximum atomic E-state index is 12.0. The maximum Gasteiger partial charge on any atom is 0.380 e. The largest absolute Gasteiger partial charge is 0.394 e. The van der Waals surface area contributed by atoms with Crippen LogP contribution in [0.3, 0.4) is 0 Å². The van der Waals surface area contributed by atoms with Crippen molar-refractivity contribution in [2.45, 2.75) is 23.8 Å². The minimum absolute atomic E-state index is 0.114. The van der Waals surface area contributed by atoms with Gasteiger partial charge in [-0.05, 0) is 0 Å². The van der Waals surface area contributed by atoms with Crippen molar-refractivity contribution < 1.29 is 39.2 Å². The lowest BCUT2D eigenvalue weighted by atomic mass is 10.1. The fourth-order valence-corrected chi connectivity index (χ4v) is 3.07. The second kappa shape index (κ2) is 5.59. The molecule has 1 aliphatic rings. The van der Waals surface area contributed by atoms with Crippen molar-refractivity contribution in [1.82, 2.24) is 15.3 Å². The molecule has 9 N–H and O–H groups in total. The van der Waals surface area contributed by atoms with Crippen molar-refractivity contribution in [3.63, 3.8) is 0 Å². The van der Waals surface area contributed by atoms with E-state index in [0.29, 0.717) is 0 Å². The van der Waals surface area contributed by atoms with Gasteiger partial charge in [-0.1, -0.05) is 0 Å². The average molecular weight is 338 g/mol. The Morgan fingerprint density at radius 2 is 2.18 bits per heavy atom. The number of nitrogens with one attached hydrogen (secondary N) is 2. The summed E-state index contributed by atoms with van der Waals surface area (Å²) < 4.78 is 16.6. The van der Waals surface area contributed by atoms with Crippen molar-refractivity contribution in [2.24, 2.45) is 0 Å². The van der Waals surface area contributed by atoms with Crippen molar-refractivity contribution in [1.29, 1.82) is 0 Å². The fraction of sp³-hybridized carbons (Fsp3) is 0.556. The number of nitrogens with zero attached hydrogens (tertiary/aromatic N) is 1. The van der Waals surface area contributed by atoms with Crippen LogP contribution in [0.25, 0.3) is 0 Å².